The summed E-state index contributed by atoms with van der Waals surface area (Å²) in [5.41, 5.74) is 4.83. The third-order valence-corrected chi connectivity index (χ3v) is 4.12. The lowest BCUT2D eigenvalue weighted by molar-refractivity contribution is 0.286. The number of nitrogens with one attached hydrogen (secondary N) is 2. The van der Waals surface area contributed by atoms with Crippen molar-refractivity contribution >= 4 is 39.5 Å². The molecule has 2 aromatic carbocycles. The summed E-state index contributed by atoms with van der Waals surface area (Å²) < 4.78 is 12.1. The van der Waals surface area contributed by atoms with E-state index >= 15 is 0 Å². The summed E-state index contributed by atoms with van der Waals surface area (Å²) in [5.74, 6) is 1.37. The number of hydrazone groups is 1. The number of hydrogen-bond donors (Lipinski definition) is 2. The van der Waals surface area contributed by atoms with Gasteiger partial charge in [0.2, 0.25) is 0 Å². The van der Waals surface area contributed by atoms with Crippen molar-refractivity contribution in [2.24, 2.45) is 5.10 Å². The van der Waals surface area contributed by atoms with E-state index in [1.54, 1.807) is 6.21 Å². The second-order valence-electron chi connectivity index (χ2n) is 5.23. The van der Waals surface area contributed by atoms with Gasteiger partial charge in [-0.1, -0.05) is 30.3 Å². The smallest absolute Gasteiger partial charge is 0.187 e. The van der Waals surface area contributed by atoms with E-state index < -0.39 is 0 Å². The zero-order chi connectivity index (χ0) is 18.8. The van der Waals surface area contributed by atoms with Crippen molar-refractivity contribution < 1.29 is 9.47 Å². The van der Waals surface area contributed by atoms with Crippen LogP contribution in [0.5, 0.6) is 11.5 Å². The van der Waals surface area contributed by atoms with E-state index in [2.05, 4.69) is 31.8 Å². The molecule has 0 aliphatic carbocycles. The zero-order valence-corrected chi connectivity index (χ0v) is 17.2. The summed E-state index contributed by atoms with van der Waals surface area (Å²) in [6.07, 6.45) is 1.68. The molecule has 0 aromatic heterocycles. The van der Waals surface area contributed by atoms with E-state index in [0.717, 1.165) is 15.6 Å². The molecular weight excluding hydrogens is 414 g/mol. The van der Waals surface area contributed by atoms with Gasteiger partial charge in [0.25, 0.3) is 0 Å². The Labute approximate surface area is 167 Å². The van der Waals surface area contributed by atoms with Gasteiger partial charge in [-0.15, -0.1) is 0 Å². The summed E-state index contributed by atoms with van der Waals surface area (Å²) in [5, 5.41) is 7.74. The number of nitrogens with zero attached hydrogens (tertiary/aromatic N) is 1. The topological polar surface area (TPSA) is 54.9 Å². The molecule has 0 amide bonds. The average molecular weight is 436 g/mol. The second kappa shape index (κ2) is 10.8. The Morgan fingerprint density at radius 1 is 1.15 bits per heavy atom. The maximum Gasteiger partial charge on any atom is 0.187 e. The largest absolute Gasteiger partial charge is 0.490 e. The van der Waals surface area contributed by atoms with Crippen molar-refractivity contribution in [1.82, 2.24) is 10.7 Å². The van der Waals surface area contributed by atoms with Crippen molar-refractivity contribution in [2.75, 3.05) is 13.2 Å². The lowest BCUT2D eigenvalue weighted by Crippen LogP contribution is -2.31. The summed E-state index contributed by atoms with van der Waals surface area (Å²) in [6, 6.07) is 13.8. The van der Waals surface area contributed by atoms with Gasteiger partial charge >= 0.3 is 0 Å². The van der Waals surface area contributed by atoms with Gasteiger partial charge in [0.05, 0.1) is 23.9 Å². The van der Waals surface area contributed by atoms with Crippen LogP contribution in [0.15, 0.2) is 52.0 Å². The molecule has 0 fully saturated rings. The van der Waals surface area contributed by atoms with E-state index in [-0.39, 0.29) is 0 Å². The summed E-state index contributed by atoms with van der Waals surface area (Å²) in [6.45, 7) is 5.63. The number of thiocarbonyl (C=S) groups is 1. The third-order valence-electron chi connectivity index (χ3n) is 3.30. The Kier molecular flexibility index (Phi) is 8.37. The summed E-state index contributed by atoms with van der Waals surface area (Å²) in [4.78, 5) is 0. The minimum absolute atomic E-state index is 0.458. The predicted molar refractivity (Wildman–Crippen MR) is 113 cm³/mol. The minimum Gasteiger partial charge on any atom is -0.490 e. The van der Waals surface area contributed by atoms with Crippen molar-refractivity contribution in [3.05, 3.63) is 58.1 Å². The van der Waals surface area contributed by atoms with Gasteiger partial charge < -0.3 is 14.8 Å². The maximum absolute atomic E-state index is 5.65. The van der Waals surface area contributed by atoms with Crippen LogP contribution in [0.2, 0.25) is 0 Å². The molecule has 138 valence electrons. The fourth-order valence-corrected chi connectivity index (χ4v) is 2.89. The van der Waals surface area contributed by atoms with Crippen molar-refractivity contribution in [3.63, 3.8) is 0 Å². The number of hydrogen-bond acceptors (Lipinski definition) is 4. The zero-order valence-electron chi connectivity index (χ0n) is 14.8. The van der Waals surface area contributed by atoms with Gasteiger partial charge in [-0.05, 0) is 65.3 Å². The molecule has 2 N–H and O–H groups in total. The fourth-order valence-electron chi connectivity index (χ4n) is 2.19. The van der Waals surface area contributed by atoms with Crippen LogP contribution < -0.4 is 20.2 Å². The van der Waals surface area contributed by atoms with Gasteiger partial charge in [0, 0.05) is 6.54 Å². The van der Waals surface area contributed by atoms with Crippen LogP contribution in [-0.2, 0) is 6.54 Å². The molecule has 5 nitrogen and oxygen atoms in total. The molecule has 0 aliphatic rings. The molecule has 2 aromatic rings. The van der Waals surface area contributed by atoms with Crippen LogP contribution >= 0.6 is 28.1 Å². The molecule has 7 heteroatoms. The molecule has 2 rings (SSSR count). The molecule has 0 saturated carbocycles. The minimum atomic E-state index is 0.458. The maximum atomic E-state index is 5.65. The molecule has 0 aliphatic heterocycles. The molecular formula is C19H22BrN3O2S. The van der Waals surface area contributed by atoms with Gasteiger partial charge in [-0.2, -0.15) is 5.10 Å². The Balaban J connectivity index is 1.95. The van der Waals surface area contributed by atoms with E-state index in [9.17, 15) is 0 Å². The van der Waals surface area contributed by atoms with Crippen LogP contribution in [0, 0.1) is 0 Å². The lowest BCUT2D eigenvalue weighted by Gasteiger charge is -2.13. The Morgan fingerprint density at radius 3 is 2.58 bits per heavy atom. The van der Waals surface area contributed by atoms with Gasteiger partial charge in [0.15, 0.2) is 16.6 Å². The first-order valence-electron chi connectivity index (χ1n) is 8.34. The molecule has 0 spiro atoms. The van der Waals surface area contributed by atoms with Crippen molar-refractivity contribution in [2.45, 2.75) is 20.4 Å². The summed E-state index contributed by atoms with van der Waals surface area (Å²) in [7, 11) is 0. The first kappa shape index (κ1) is 20.2. The molecule has 0 saturated heterocycles. The number of benzene rings is 2. The highest BCUT2D eigenvalue weighted by Gasteiger charge is 2.11. The number of ether oxygens (including phenoxy) is 2. The fraction of sp³-hybridized carbons (Fsp3) is 0.263. The lowest BCUT2D eigenvalue weighted by atomic mass is 10.2. The molecule has 0 unspecified atom stereocenters. The molecule has 0 radical (unpaired) electrons. The normalized spacial score (nSPS) is 10.6. The highest BCUT2D eigenvalue weighted by Crippen LogP contribution is 2.36. The Hall–Kier alpha value is -2.12. The highest BCUT2D eigenvalue weighted by molar-refractivity contribution is 9.10. The standard InChI is InChI=1S/C19H22BrN3O2S/c1-3-24-17-11-15(10-16(20)18(17)25-4-2)13-22-23-19(26)21-12-14-8-6-5-7-9-14/h5-11,13H,3-4,12H2,1-2H3,(H2,21,23,26)/b22-13-. The van der Waals surface area contributed by atoms with Crippen molar-refractivity contribution in [3.8, 4) is 11.5 Å². The van der Waals surface area contributed by atoms with Gasteiger partial charge in [0.1, 0.15) is 0 Å². The van der Waals surface area contributed by atoms with Crippen LogP contribution in [0.3, 0.4) is 0 Å². The van der Waals surface area contributed by atoms with Crippen LogP contribution in [0.25, 0.3) is 0 Å². The predicted octanol–water partition coefficient (Wildman–Crippen LogP) is 4.24. The first-order valence-corrected chi connectivity index (χ1v) is 9.54. The van der Waals surface area contributed by atoms with Gasteiger partial charge in [-0.25, -0.2) is 0 Å². The monoisotopic (exact) mass is 435 g/mol. The number of rotatable bonds is 8. The average Bonchev–Trinajstić information content (AvgIpc) is 2.64. The Bertz CT molecular complexity index is 754. The quantitative estimate of drug-likeness (QED) is 0.368. The molecule has 0 atom stereocenters. The number of halogens is 1. The molecule has 0 heterocycles. The van der Waals surface area contributed by atoms with Crippen LogP contribution in [0.1, 0.15) is 25.0 Å². The molecule has 0 bridgehead atoms. The van der Waals surface area contributed by atoms with E-state index in [4.69, 9.17) is 21.7 Å². The van der Waals surface area contributed by atoms with E-state index in [1.165, 1.54) is 0 Å². The van der Waals surface area contributed by atoms with Crippen LogP contribution in [0.4, 0.5) is 0 Å². The molecule has 26 heavy (non-hydrogen) atoms. The van der Waals surface area contributed by atoms with Gasteiger partial charge in [-0.3, -0.25) is 5.43 Å². The van der Waals surface area contributed by atoms with E-state index in [1.807, 2.05) is 56.3 Å². The Morgan fingerprint density at radius 2 is 1.88 bits per heavy atom. The second-order valence-corrected chi connectivity index (χ2v) is 6.50. The first-order chi connectivity index (χ1) is 12.6. The third kappa shape index (κ3) is 6.31. The van der Waals surface area contributed by atoms with Crippen molar-refractivity contribution in [1.29, 1.82) is 0 Å². The van der Waals surface area contributed by atoms with E-state index in [0.29, 0.717) is 36.4 Å². The van der Waals surface area contributed by atoms with Crippen LogP contribution in [-0.4, -0.2) is 24.5 Å². The summed E-state index contributed by atoms with van der Waals surface area (Å²) >= 11 is 8.74. The highest BCUT2D eigenvalue weighted by atomic mass is 79.9. The SMILES string of the molecule is CCOc1cc(/C=N\NC(=S)NCc2ccccc2)cc(Br)c1OCC.